The van der Waals surface area contributed by atoms with Gasteiger partial charge < -0.3 is 4.74 Å². The molecular weight excluding hydrogens is 376 g/mol. The summed E-state index contributed by atoms with van der Waals surface area (Å²) in [5.74, 6) is -0.270. The lowest BCUT2D eigenvalue weighted by Crippen LogP contribution is -2.43. The molecule has 0 atom stereocenters. The predicted octanol–water partition coefficient (Wildman–Crippen LogP) is 4.38. The SMILES string of the molecule is CC(C)(C)c1ccc(OCC(=O)NNC(=O)C=Cc2cccc3ccccc23)cc1. The molecule has 0 heterocycles. The van der Waals surface area contributed by atoms with E-state index in [0.717, 1.165) is 16.3 Å². The number of carbonyl (C=O) groups is 2. The minimum absolute atomic E-state index is 0.0553. The molecule has 0 aliphatic rings. The number of ether oxygens (including phenoxy) is 1. The van der Waals surface area contributed by atoms with Gasteiger partial charge in [-0.05, 0) is 45.5 Å². The number of carbonyl (C=O) groups excluding carboxylic acids is 2. The van der Waals surface area contributed by atoms with Crippen LogP contribution in [0.25, 0.3) is 16.8 Å². The van der Waals surface area contributed by atoms with Crippen molar-refractivity contribution in [3.8, 4) is 5.75 Å². The van der Waals surface area contributed by atoms with Gasteiger partial charge >= 0.3 is 0 Å². The van der Waals surface area contributed by atoms with Crippen LogP contribution < -0.4 is 15.6 Å². The molecule has 2 N–H and O–H groups in total. The molecule has 0 aliphatic carbocycles. The summed E-state index contributed by atoms with van der Waals surface area (Å²) in [6, 6.07) is 21.5. The molecule has 154 valence electrons. The number of hydrazine groups is 1. The molecular formula is C25H26N2O3. The highest BCUT2D eigenvalue weighted by molar-refractivity contribution is 5.97. The Kier molecular flexibility index (Phi) is 6.52. The Morgan fingerprint density at radius 2 is 1.60 bits per heavy atom. The lowest BCUT2D eigenvalue weighted by atomic mass is 9.87. The first-order valence-electron chi connectivity index (χ1n) is 9.81. The van der Waals surface area contributed by atoms with Gasteiger partial charge in [0.1, 0.15) is 5.75 Å². The summed E-state index contributed by atoms with van der Waals surface area (Å²) in [6.45, 7) is 6.21. The van der Waals surface area contributed by atoms with Gasteiger partial charge in [-0.15, -0.1) is 0 Å². The number of hydrogen-bond donors (Lipinski definition) is 2. The molecule has 5 nitrogen and oxygen atoms in total. The minimum Gasteiger partial charge on any atom is -0.484 e. The normalized spacial score (nSPS) is 11.4. The summed E-state index contributed by atoms with van der Waals surface area (Å²) in [7, 11) is 0. The molecule has 0 saturated carbocycles. The van der Waals surface area contributed by atoms with Gasteiger partial charge in [0.15, 0.2) is 6.61 Å². The Morgan fingerprint density at radius 3 is 2.33 bits per heavy atom. The third-order valence-corrected chi connectivity index (χ3v) is 4.65. The first-order valence-corrected chi connectivity index (χ1v) is 9.81. The highest BCUT2D eigenvalue weighted by atomic mass is 16.5. The van der Waals surface area contributed by atoms with E-state index in [2.05, 4.69) is 31.6 Å². The van der Waals surface area contributed by atoms with Gasteiger partial charge in [0, 0.05) is 6.08 Å². The number of rotatable bonds is 5. The van der Waals surface area contributed by atoms with Crippen molar-refractivity contribution in [3.05, 3.63) is 83.9 Å². The van der Waals surface area contributed by atoms with Gasteiger partial charge in [-0.2, -0.15) is 0 Å². The van der Waals surface area contributed by atoms with Gasteiger partial charge in [-0.3, -0.25) is 20.4 Å². The van der Waals surface area contributed by atoms with Gasteiger partial charge in [0.05, 0.1) is 0 Å². The maximum absolute atomic E-state index is 12.0. The molecule has 5 heteroatoms. The third-order valence-electron chi connectivity index (χ3n) is 4.65. The Hall–Kier alpha value is -3.60. The summed E-state index contributed by atoms with van der Waals surface area (Å²) < 4.78 is 5.46. The first-order chi connectivity index (χ1) is 14.3. The molecule has 0 bridgehead atoms. The van der Waals surface area contributed by atoms with E-state index in [1.54, 1.807) is 6.08 Å². The molecule has 0 spiro atoms. The average molecular weight is 402 g/mol. The largest absolute Gasteiger partial charge is 0.484 e. The van der Waals surface area contributed by atoms with Crippen LogP contribution in [0.3, 0.4) is 0 Å². The Labute approximate surface area is 176 Å². The van der Waals surface area contributed by atoms with E-state index in [0.29, 0.717) is 5.75 Å². The standard InChI is InChI=1S/C25H26N2O3/c1-25(2,3)20-12-14-21(15-13-20)30-17-24(29)27-26-23(28)16-11-19-9-6-8-18-7-4-5-10-22(18)19/h4-16H,17H2,1-3H3,(H,26,28)(H,27,29). The predicted molar refractivity (Wildman–Crippen MR) is 120 cm³/mol. The number of nitrogens with one attached hydrogen (secondary N) is 2. The van der Waals surface area contributed by atoms with Crippen molar-refractivity contribution in [3.63, 3.8) is 0 Å². The van der Waals surface area contributed by atoms with E-state index < -0.39 is 11.8 Å². The van der Waals surface area contributed by atoms with E-state index in [4.69, 9.17) is 4.74 Å². The first kappa shape index (κ1) is 21.1. The quantitative estimate of drug-likeness (QED) is 0.492. The fraction of sp³-hybridized carbons (Fsp3) is 0.200. The fourth-order valence-electron chi connectivity index (χ4n) is 2.97. The van der Waals surface area contributed by atoms with E-state index in [9.17, 15) is 9.59 Å². The zero-order valence-electron chi connectivity index (χ0n) is 17.4. The minimum atomic E-state index is -0.443. The molecule has 3 aromatic carbocycles. The summed E-state index contributed by atoms with van der Waals surface area (Å²) in [6.07, 6.45) is 3.10. The van der Waals surface area contributed by atoms with Crippen LogP contribution in [-0.2, 0) is 15.0 Å². The zero-order chi connectivity index (χ0) is 21.6. The highest BCUT2D eigenvalue weighted by Crippen LogP contribution is 2.24. The van der Waals surface area contributed by atoms with Crippen LogP contribution in [0.5, 0.6) is 5.75 Å². The van der Waals surface area contributed by atoms with Crippen molar-refractivity contribution in [2.45, 2.75) is 26.2 Å². The number of benzene rings is 3. The van der Waals surface area contributed by atoms with Crippen molar-refractivity contribution < 1.29 is 14.3 Å². The molecule has 0 fully saturated rings. The Balaban J connectivity index is 1.47. The van der Waals surface area contributed by atoms with E-state index in [1.165, 1.54) is 11.6 Å². The second-order valence-corrected chi connectivity index (χ2v) is 8.00. The lowest BCUT2D eigenvalue weighted by molar-refractivity contribution is -0.128. The van der Waals surface area contributed by atoms with Crippen LogP contribution in [0.2, 0.25) is 0 Å². The van der Waals surface area contributed by atoms with Crippen LogP contribution in [0.15, 0.2) is 72.8 Å². The number of amides is 2. The van der Waals surface area contributed by atoms with Crippen LogP contribution in [0.4, 0.5) is 0 Å². The second-order valence-electron chi connectivity index (χ2n) is 8.00. The molecule has 3 rings (SSSR count). The summed E-state index contributed by atoms with van der Waals surface area (Å²) >= 11 is 0. The average Bonchev–Trinajstić information content (AvgIpc) is 2.74. The van der Waals surface area contributed by atoms with Crippen LogP contribution in [-0.4, -0.2) is 18.4 Å². The molecule has 0 radical (unpaired) electrons. The summed E-state index contributed by atoms with van der Waals surface area (Å²) in [4.78, 5) is 23.9. The topological polar surface area (TPSA) is 67.4 Å². The van der Waals surface area contributed by atoms with Crippen molar-refractivity contribution in [2.24, 2.45) is 0 Å². The van der Waals surface area contributed by atoms with Gasteiger partial charge in [-0.1, -0.05) is 75.4 Å². The van der Waals surface area contributed by atoms with Crippen molar-refractivity contribution in [2.75, 3.05) is 6.61 Å². The van der Waals surface area contributed by atoms with Crippen molar-refractivity contribution in [1.82, 2.24) is 10.9 Å². The van der Waals surface area contributed by atoms with Crippen molar-refractivity contribution >= 4 is 28.7 Å². The summed E-state index contributed by atoms with van der Waals surface area (Å²) in [5.41, 5.74) is 6.88. The van der Waals surface area contributed by atoms with Crippen LogP contribution in [0, 0.1) is 0 Å². The van der Waals surface area contributed by atoms with E-state index >= 15 is 0 Å². The molecule has 2 amide bonds. The molecule has 0 saturated heterocycles. The molecule has 30 heavy (non-hydrogen) atoms. The van der Waals surface area contributed by atoms with E-state index in [1.807, 2.05) is 66.7 Å². The monoisotopic (exact) mass is 402 g/mol. The smallest absolute Gasteiger partial charge is 0.276 e. The van der Waals surface area contributed by atoms with Crippen molar-refractivity contribution in [1.29, 1.82) is 0 Å². The third kappa shape index (κ3) is 5.70. The summed E-state index contributed by atoms with van der Waals surface area (Å²) in [5, 5.41) is 2.15. The highest BCUT2D eigenvalue weighted by Gasteiger charge is 2.13. The maximum atomic E-state index is 12.0. The number of hydrogen-bond acceptors (Lipinski definition) is 3. The van der Waals surface area contributed by atoms with Gasteiger partial charge in [-0.25, -0.2) is 0 Å². The fourth-order valence-corrected chi connectivity index (χ4v) is 2.97. The van der Waals surface area contributed by atoms with Gasteiger partial charge in [0.2, 0.25) is 0 Å². The zero-order valence-corrected chi connectivity index (χ0v) is 17.4. The second kappa shape index (κ2) is 9.27. The lowest BCUT2D eigenvalue weighted by Gasteiger charge is -2.19. The number of fused-ring (bicyclic) bond motifs is 1. The molecule has 3 aromatic rings. The van der Waals surface area contributed by atoms with E-state index in [-0.39, 0.29) is 12.0 Å². The van der Waals surface area contributed by atoms with Crippen LogP contribution in [0.1, 0.15) is 31.9 Å². The van der Waals surface area contributed by atoms with Gasteiger partial charge in [0.25, 0.3) is 11.8 Å². The Bertz CT molecular complexity index is 1060. The molecule has 0 unspecified atom stereocenters. The van der Waals surface area contributed by atoms with Crippen LogP contribution >= 0.6 is 0 Å². The molecule has 0 aromatic heterocycles. The Morgan fingerprint density at radius 1 is 0.900 bits per heavy atom. The molecule has 0 aliphatic heterocycles. The maximum Gasteiger partial charge on any atom is 0.276 e.